The van der Waals surface area contributed by atoms with Gasteiger partial charge in [0.2, 0.25) is 0 Å². The van der Waals surface area contributed by atoms with Gasteiger partial charge >= 0.3 is 0 Å². The standard InChI is InChI=1S/C7H7ClN4S/c8-5-3-10-7(13-5)4-12-6(9)1-2-11-12/h1-3H,4,9H2. The molecule has 2 aromatic heterocycles. The van der Waals surface area contributed by atoms with Crippen LogP contribution in [0.15, 0.2) is 18.5 Å². The summed E-state index contributed by atoms with van der Waals surface area (Å²) in [5, 5.41) is 4.94. The minimum atomic E-state index is 0.580. The number of thiazole rings is 1. The lowest BCUT2D eigenvalue weighted by Gasteiger charge is -1.99. The van der Waals surface area contributed by atoms with Gasteiger partial charge in [-0.1, -0.05) is 11.6 Å². The molecule has 0 atom stereocenters. The van der Waals surface area contributed by atoms with Gasteiger partial charge < -0.3 is 5.73 Å². The Labute approximate surface area is 84.0 Å². The largest absolute Gasteiger partial charge is 0.384 e. The third kappa shape index (κ3) is 1.81. The van der Waals surface area contributed by atoms with E-state index in [0.717, 1.165) is 5.01 Å². The minimum Gasteiger partial charge on any atom is -0.384 e. The topological polar surface area (TPSA) is 56.7 Å². The van der Waals surface area contributed by atoms with E-state index in [4.69, 9.17) is 17.3 Å². The Hall–Kier alpha value is -1.07. The summed E-state index contributed by atoms with van der Waals surface area (Å²) in [5.74, 6) is 0.631. The maximum Gasteiger partial charge on any atom is 0.122 e. The molecule has 0 aliphatic heterocycles. The number of rotatable bonds is 2. The van der Waals surface area contributed by atoms with Gasteiger partial charge in [0.15, 0.2) is 0 Å². The molecule has 2 N–H and O–H groups in total. The molecule has 0 bridgehead atoms. The van der Waals surface area contributed by atoms with Gasteiger partial charge in [-0.05, 0) is 6.07 Å². The predicted octanol–water partition coefficient (Wildman–Crippen LogP) is 1.62. The van der Waals surface area contributed by atoms with E-state index < -0.39 is 0 Å². The maximum absolute atomic E-state index is 5.74. The van der Waals surface area contributed by atoms with Crippen molar-refractivity contribution >= 4 is 28.8 Å². The summed E-state index contributed by atoms with van der Waals surface area (Å²) in [5.41, 5.74) is 5.64. The summed E-state index contributed by atoms with van der Waals surface area (Å²) >= 11 is 7.17. The number of halogens is 1. The lowest BCUT2D eigenvalue weighted by Crippen LogP contribution is -2.04. The Balaban J connectivity index is 2.19. The van der Waals surface area contributed by atoms with Crippen molar-refractivity contribution in [3.05, 3.63) is 27.8 Å². The van der Waals surface area contributed by atoms with Crippen molar-refractivity contribution in [1.29, 1.82) is 0 Å². The first-order chi connectivity index (χ1) is 6.25. The quantitative estimate of drug-likeness (QED) is 0.827. The second kappa shape index (κ2) is 3.35. The van der Waals surface area contributed by atoms with E-state index in [1.54, 1.807) is 23.1 Å². The van der Waals surface area contributed by atoms with Crippen LogP contribution in [0.1, 0.15) is 5.01 Å². The molecular weight excluding hydrogens is 208 g/mol. The summed E-state index contributed by atoms with van der Waals surface area (Å²) in [4.78, 5) is 4.10. The predicted molar refractivity (Wildman–Crippen MR) is 52.9 cm³/mol. The molecule has 0 radical (unpaired) electrons. The number of aromatic nitrogens is 3. The van der Waals surface area contributed by atoms with Gasteiger partial charge in [0.05, 0.1) is 18.9 Å². The highest BCUT2D eigenvalue weighted by Gasteiger charge is 2.03. The van der Waals surface area contributed by atoms with Crippen molar-refractivity contribution < 1.29 is 0 Å². The smallest absolute Gasteiger partial charge is 0.122 e. The highest BCUT2D eigenvalue weighted by atomic mass is 35.5. The molecule has 0 fully saturated rings. The number of nitrogens with two attached hydrogens (primary N) is 1. The maximum atomic E-state index is 5.74. The van der Waals surface area contributed by atoms with Crippen LogP contribution in [0, 0.1) is 0 Å². The summed E-state index contributed by atoms with van der Waals surface area (Å²) in [6.07, 6.45) is 3.28. The minimum absolute atomic E-state index is 0.580. The summed E-state index contributed by atoms with van der Waals surface area (Å²) in [6, 6.07) is 1.75. The van der Waals surface area contributed by atoms with Crippen LogP contribution in [0.3, 0.4) is 0 Å². The van der Waals surface area contributed by atoms with Crippen LogP contribution < -0.4 is 5.73 Å². The second-order valence-electron chi connectivity index (χ2n) is 2.47. The molecule has 0 aromatic carbocycles. The molecule has 13 heavy (non-hydrogen) atoms. The van der Waals surface area contributed by atoms with Crippen molar-refractivity contribution in [2.75, 3.05) is 5.73 Å². The van der Waals surface area contributed by atoms with Crippen molar-refractivity contribution in [2.45, 2.75) is 6.54 Å². The zero-order valence-electron chi connectivity index (χ0n) is 6.64. The van der Waals surface area contributed by atoms with Crippen molar-refractivity contribution in [1.82, 2.24) is 14.8 Å². The molecule has 0 amide bonds. The average molecular weight is 215 g/mol. The number of anilines is 1. The third-order valence-electron chi connectivity index (χ3n) is 1.56. The Morgan fingerprint density at radius 3 is 3.00 bits per heavy atom. The van der Waals surface area contributed by atoms with Crippen LogP contribution in [0.2, 0.25) is 4.34 Å². The van der Waals surface area contributed by atoms with E-state index in [1.807, 2.05) is 0 Å². The summed E-state index contributed by atoms with van der Waals surface area (Å²) < 4.78 is 2.36. The second-order valence-corrected chi connectivity index (χ2v) is 4.22. The van der Waals surface area contributed by atoms with Gasteiger partial charge in [0.1, 0.15) is 15.2 Å². The fourth-order valence-corrected chi connectivity index (χ4v) is 1.90. The molecule has 6 heteroatoms. The molecule has 0 spiro atoms. The molecule has 2 aromatic rings. The third-order valence-corrected chi connectivity index (χ3v) is 2.66. The molecule has 0 aliphatic rings. The van der Waals surface area contributed by atoms with E-state index in [0.29, 0.717) is 16.7 Å². The first-order valence-electron chi connectivity index (χ1n) is 3.63. The van der Waals surface area contributed by atoms with Crippen LogP contribution in [-0.4, -0.2) is 14.8 Å². The van der Waals surface area contributed by atoms with Gasteiger partial charge in [-0.2, -0.15) is 5.10 Å². The van der Waals surface area contributed by atoms with Crippen LogP contribution in [-0.2, 0) is 6.54 Å². The zero-order valence-corrected chi connectivity index (χ0v) is 8.22. The fourth-order valence-electron chi connectivity index (χ4n) is 0.964. The highest BCUT2D eigenvalue weighted by Crippen LogP contribution is 2.19. The summed E-state index contributed by atoms with van der Waals surface area (Å²) in [7, 11) is 0. The number of nitrogens with zero attached hydrogens (tertiary/aromatic N) is 3. The van der Waals surface area contributed by atoms with Gasteiger partial charge in [-0.3, -0.25) is 0 Å². The molecule has 2 rings (SSSR count). The Morgan fingerprint density at radius 2 is 2.46 bits per heavy atom. The van der Waals surface area contributed by atoms with Crippen molar-refractivity contribution in [2.24, 2.45) is 0 Å². The number of hydrogen-bond donors (Lipinski definition) is 1. The molecule has 0 saturated carbocycles. The zero-order chi connectivity index (χ0) is 9.26. The first-order valence-corrected chi connectivity index (χ1v) is 4.82. The van der Waals surface area contributed by atoms with E-state index in [-0.39, 0.29) is 0 Å². The molecule has 2 heterocycles. The van der Waals surface area contributed by atoms with E-state index >= 15 is 0 Å². The molecule has 68 valence electrons. The van der Waals surface area contributed by atoms with Gasteiger partial charge in [0.25, 0.3) is 0 Å². The summed E-state index contributed by atoms with van der Waals surface area (Å²) in [6.45, 7) is 0.580. The van der Waals surface area contributed by atoms with Gasteiger partial charge in [-0.15, -0.1) is 11.3 Å². The van der Waals surface area contributed by atoms with E-state index in [1.165, 1.54) is 11.3 Å². The van der Waals surface area contributed by atoms with Gasteiger partial charge in [0, 0.05) is 0 Å². The fraction of sp³-hybridized carbons (Fsp3) is 0.143. The molecular formula is C7H7ClN4S. The molecule has 0 aliphatic carbocycles. The van der Waals surface area contributed by atoms with E-state index in [2.05, 4.69) is 10.1 Å². The monoisotopic (exact) mass is 214 g/mol. The Kier molecular flexibility index (Phi) is 2.20. The highest BCUT2D eigenvalue weighted by molar-refractivity contribution is 7.15. The van der Waals surface area contributed by atoms with Crippen LogP contribution in [0.5, 0.6) is 0 Å². The van der Waals surface area contributed by atoms with Crippen LogP contribution >= 0.6 is 22.9 Å². The number of hydrogen-bond acceptors (Lipinski definition) is 4. The normalized spacial score (nSPS) is 10.5. The average Bonchev–Trinajstić information content (AvgIpc) is 2.64. The first kappa shape index (κ1) is 8.52. The SMILES string of the molecule is Nc1ccnn1Cc1ncc(Cl)s1. The Morgan fingerprint density at radius 1 is 1.62 bits per heavy atom. The lowest BCUT2D eigenvalue weighted by molar-refractivity contribution is 0.693. The van der Waals surface area contributed by atoms with Crippen LogP contribution in [0.4, 0.5) is 5.82 Å². The van der Waals surface area contributed by atoms with Crippen molar-refractivity contribution in [3.8, 4) is 0 Å². The van der Waals surface area contributed by atoms with Crippen molar-refractivity contribution in [3.63, 3.8) is 0 Å². The van der Waals surface area contributed by atoms with Crippen LogP contribution in [0.25, 0.3) is 0 Å². The number of nitrogen functional groups attached to an aromatic ring is 1. The van der Waals surface area contributed by atoms with E-state index in [9.17, 15) is 0 Å². The molecule has 0 unspecified atom stereocenters. The Bertz CT molecular complexity index is 408. The van der Waals surface area contributed by atoms with Gasteiger partial charge in [-0.25, -0.2) is 9.67 Å². The molecule has 4 nitrogen and oxygen atoms in total. The lowest BCUT2D eigenvalue weighted by atomic mass is 10.6. The molecule has 0 saturated heterocycles.